The van der Waals surface area contributed by atoms with Gasteiger partial charge in [0.15, 0.2) is 0 Å². The van der Waals surface area contributed by atoms with Gasteiger partial charge in [-0.15, -0.1) is 0 Å². The van der Waals surface area contributed by atoms with Crippen molar-refractivity contribution < 1.29 is 9.59 Å². The smallest absolute Gasteiger partial charge is 0.296 e. The molecule has 1 amide bonds. The first kappa shape index (κ1) is 18.9. The van der Waals surface area contributed by atoms with Gasteiger partial charge in [0, 0.05) is 34.2 Å². The molecule has 2 aromatic carbocycles. The number of hydrogen-bond donors (Lipinski definition) is 1. The molecule has 4 nitrogen and oxygen atoms in total. The van der Waals surface area contributed by atoms with Crippen molar-refractivity contribution in [3.8, 4) is 0 Å². The Morgan fingerprint density at radius 2 is 1.70 bits per heavy atom. The van der Waals surface area contributed by atoms with Crippen molar-refractivity contribution in [2.45, 2.75) is 27.3 Å². The molecule has 3 aromatic rings. The first-order valence-corrected chi connectivity index (χ1v) is 9.06. The number of benzene rings is 2. The maximum atomic E-state index is 12.7. The summed E-state index contributed by atoms with van der Waals surface area (Å²) >= 11 is 5.94. The van der Waals surface area contributed by atoms with E-state index in [4.69, 9.17) is 11.6 Å². The average molecular weight is 381 g/mol. The Kier molecular flexibility index (Phi) is 5.47. The Hall–Kier alpha value is -2.85. The van der Waals surface area contributed by atoms with Gasteiger partial charge in [0.2, 0.25) is 0 Å². The minimum Gasteiger partial charge on any atom is -0.344 e. The normalized spacial score (nSPS) is 10.7. The Balaban J connectivity index is 1.81. The van der Waals surface area contributed by atoms with Crippen LogP contribution in [0.15, 0.2) is 54.6 Å². The summed E-state index contributed by atoms with van der Waals surface area (Å²) in [6.45, 7) is 6.33. The third-order valence-electron chi connectivity index (χ3n) is 4.55. The molecule has 0 saturated carbocycles. The summed E-state index contributed by atoms with van der Waals surface area (Å²) < 4.78 is 2.02. The molecule has 1 N–H and O–H groups in total. The van der Waals surface area contributed by atoms with Crippen molar-refractivity contribution in [2.75, 3.05) is 5.32 Å². The average Bonchev–Trinajstić information content (AvgIpc) is 2.91. The van der Waals surface area contributed by atoms with Gasteiger partial charge in [0.25, 0.3) is 11.7 Å². The van der Waals surface area contributed by atoms with E-state index in [9.17, 15) is 9.59 Å². The highest BCUT2D eigenvalue weighted by Gasteiger charge is 2.22. The number of anilines is 1. The van der Waals surface area contributed by atoms with Gasteiger partial charge in [-0.05, 0) is 62.2 Å². The molecule has 0 unspecified atom stereocenters. The number of carbonyl (C=O) groups excluding carboxylic acids is 2. The van der Waals surface area contributed by atoms with Crippen LogP contribution in [0.4, 0.5) is 5.69 Å². The number of amides is 1. The molecule has 138 valence electrons. The second-order valence-corrected chi connectivity index (χ2v) is 7.09. The molecule has 0 aliphatic carbocycles. The maximum absolute atomic E-state index is 12.7. The number of carbonyl (C=O) groups is 2. The Morgan fingerprint density at radius 3 is 2.37 bits per heavy atom. The predicted molar refractivity (Wildman–Crippen MR) is 109 cm³/mol. The molecule has 0 saturated heterocycles. The number of hydrogen-bond acceptors (Lipinski definition) is 2. The summed E-state index contributed by atoms with van der Waals surface area (Å²) in [7, 11) is 0. The highest BCUT2D eigenvalue weighted by molar-refractivity contribution is 6.46. The van der Waals surface area contributed by atoms with E-state index in [1.165, 1.54) is 0 Å². The predicted octanol–water partition coefficient (Wildman–Crippen LogP) is 4.94. The number of aromatic nitrogens is 1. The topological polar surface area (TPSA) is 51.1 Å². The third kappa shape index (κ3) is 4.29. The Labute approximate surface area is 163 Å². The lowest BCUT2D eigenvalue weighted by Gasteiger charge is -2.10. The van der Waals surface area contributed by atoms with Crippen LogP contribution < -0.4 is 5.32 Å². The molecule has 0 aliphatic heterocycles. The van der Waals surface area contributed by atoms with Crippen LogP contribution in [-0.4, -0.2) is 16.3 Å². The molecule has 5 heteroatoms. The van der Waals surface area contributed by atoms with Crippen LogP contribution in [0.25, 0.3) is 0 Å². The number of rotatable bonds is 5. The molecule has 0 atom stereocenters. The fourth-order valence-corrected chi connectivity index (χ4v) is 3.21. The lowest BCUT2D eigenvalue weighted by Crippen LogP contribution is -2.23. The van der Waals surface area contributed by atoms with Crippen molar-refractivity contribution >= 4 is 29.0 Å². The van der Waals surface area contributed by atoms with Crippen LogP contribution >= 0.6 is 11.6 Å². The quantitative estimate of drug-likeness (QED) is 0.503. The van der Waals surface area contributed by atoms with Crippen LogP contribution in [0.5, 0.6) is 0 Å². The van der Waals surface area contributed by atoms with Crippen LogP contribution in [0.2, 0.25) is 5.02 Å². The molecule has 1 aromatic heterocycles. The fourth-order valence-electron chi connectivity index (χ4n) is 3.08. The fraction of sp³-hybridized carbons (Fsp3) is 0.182. The minimum absolute atomic E-state index is 0.423. The van der Waals surface area contributed by atoms with E-state index in [0.29, 0.717) is 22.8 Å². The molecule has 0 aliphatic rings. The molecule has 0 spiro atoms. The minimum atomic E-state index is -0.632. The zero-order chi connectivity index (χ0) is 19.6. The standard InChI is InChI=1S/C22H21ClN2O2/c1-14-5-4-6-19(11-14)24-22(27)21(26)20-12-15(2)25(16(20)3)13-17-7-9-18(23)10-8-17/h4-12H,13H2,1-3H3,(H,24,27). The van der Waals surface area contributed by atoms with Crippen LogP contribution in [0.3, 0.4) is 0 Å². The van der Waals surface area contributed by atoms with Gasteiger partial charge >= 0.3 is 0 Å². The van der Waals surface area contributed by atoms with Crippen LogP contribution in [0.1, 0.15) is 32.9 Å². The van der Waals surface area contributed by atoms with Gasteiger partial charge in [0.05, 0.1) is 0 Å². The van der Waals surface area contributed by atoms with E-state index >= 15 is 0 Å². The summed E-state index contributed by atoms with van der Waals surface area (Å²) in [5.41, 5.74) is 4.82. The van der Waals surface area contributed by atoms with Crippen molar-refractivity contribution in [3.63, 3.8) is 0 Å². The van der Waals surface area contributed by atoms with E-state index in [-0.39, 0.29) is 0 Å². The highest BCUT2D eigenvalue weighted by atomic mass is 35.5. The molecule has 3 rings (SSSR count). The zero-order valence-corrected chi connectivity index (χ0v) is 16.3. The van der Waals surface area contributed by atoms with E-state index < -0.39 is 11.7 Å². The number of nitrogens with zero attached hydrogens (tertiary/aromatic N) is 1. The number of Topliss-reactive ketones (excluding diaryl/α,β-unsaturated/α-hetero) is 1. The lowest BCUT2D eigenvalue weighted by molar-refractivity contribution is -0.112. The van der Waals surface area contributed by atoms with Crippen LogP contribution in [-0.2, 0) is 11.3 Å². The Morgan fingerprint density at radius 1 is 1.00 bits per heavy atom. The van der Waals surface area contributed by atoms with Gasteiger partial charge in [-0.25, -0.2) is 0 Å². The van der Waals surface area contributed by atoms with Gasteiger partial charge in [0.1, 0.15) is 0 Å². The summed E-state index contributed by atoms with van der Waals surface area (Å²) in [4.78, 5) is 25.1. The van der Waals surface area contributed by atoms with Gasteiger partial charge in [-0.2, -0.15) is 0 Å². The first-order valence-electron chi connectivity index (χ1n) is 8.68. The van der Waals surface area contributed by atoms with E-state index in [0.717, 1.165) is 22.5 Å². The molecule has 27 heavy (non-hydrogen) atoms. The monoisotopic (exact) mass is 380 g/mol. The van der Waals surface area contributed by atoms with E-state index in [2.05, 4.69) is 5.32 Å². The molecule has 0 radical (unpaired) electrons. The van der Waals surface area contributed by atoms with Crippen molar-refractivity contribution in [2.24, 2.45) is 0 Å². The molecular formula is C22H21ClN2O2. The number of nitrogens with one attached hydrogen (secondary N) is 1. The van der Waals surface area contributed by atoms with Gasteiger partial charge in [-0.3, -0.25) is 9.59 Å². The zero-order valence-electron chi connectivity index (χ0n) is 15.5. The van der Waals surface area contributed by atoms with Crippen molar-refractivity contribution in [1.82, 2.24) is 4.57 Å². The maximum Gasteiger partial charge on any atom is 0.296 e. The molecule has 0 bridgehead atoms. The van der Waals surface area contributed by atoms with Gasteiger partial charge in [-0.1, -0.05) is 35.9 Å². The van der Waals surface area contributed by atoms with Crippen molar-refractivity contribution in [1.29, 1.82) is 0 Å². The molecule has 0 fully saturated rings. The number of ketones is 1. The molecule has 1 heterocycles. The summed E-state index contributed by atoms with van der Waals surface area (Å²) in [6.07, 6.45) is 0. The number of aryl methyl sites for hydroxylation is 2. The summed E-state index contributed by atoms with van der Waals surface area (Å²) in [6, 6.07) is 16.7. The summed E-state index contributed by atoms with van der Waals surface area (Å²) in [5.74, 6) is -1.17. The Bertz CT molecular complexity index is 1000. The van der Waals surface area contributed by atoms with E-state index in [1.807, 2.05) is 67.8 Å². The first-order chi connectivity index (χ1) is 12.8. The second-order valence-electron chi connectivity index (χ2n) is 6.65. The lowest BCUT2D eigenvalue weighted by atomic mass is 10.1. The number of halogens is 1. The van der Waals surface area contributed by atoms with Crippen molar-refractivity contribution in [3.05, 3.63) is 87.7 Å². The highest BCUT2D eigenvalue weighted by Crippen LogP contribution is 2.20. The summed E-state index contributed by atoms with van der Waals surface area (Å²) in [5, 5.41) is 3.36. The van der Waals surface area contributed by atoms with Gasteiger partial charge < -0.3 is 9.88 Å². The third-order valence-corrected chi connectivity index (χ3v) is 4.81. The largest absolute Gasteiger partial charge is 0.344 e. The van der Waals surface area contributed by atoms with E-state index in [1.54, 1.807) is 12.1 Å². The molecular weight excluding hydrogens is 360 g/mol. The SMILES string of the molecule is Cc1cccc(NC(=O)C(=O)c2cc(C)n(Cc3ccc(Cl)cc3)c2C)c1. The van der Waals surface area contributed by atoms with Crippen LogP contribution in [0, 0.1) is 20.8 Å². The second kappa shape index (κ2) is 7.80.